The number of carbonyl (C=O) groups excluding carboxylic acids is 3. The highest BCUT2D eigenvalue weighted by atomic mass is 16.5. The van der Waals surface area contributed by atoms with Gasteiger partial charge in [-0.25, -0.2) is 4.79 Å². The molecule has 196 valence electrons. The molecule has 3 aromatic rings. The van der Waals surface area contributed by atoms with Crippen LogP contribution in [-0.2, 0) is 27.5 Å². The molecule has 0 aromatic heterocycles. The summed E-state index contributed by atoms with van der Waals surface area (Å²) < 4.78 is 11.4. The van der Waals surface area contributed by atoms with Crippen molar-refractivity contribution in [3.63, 3.8) is 0 Å². The third-order valence-electron chi connectivity index (χ3n) is 7.33. The van der Waals surface area contributed by atoms with Gasteiger partial charge in [0, 0.05) is 23.7 Å². The zero-order chi connectivity index (χ0) is 26.7. The van der Waals surface area contributed by atoms with Crippen LogP contribution in [0.3, 0.4) is 0 Å². The maximum absolute atomic E-state index is 13.2. The van der Waals surface area contributed by atoms with E-state index in [1.807, 2.05) is 60.7 Å². The van der Waals surface area contributed by atoms with Crippen molar-refractivity contribution in [2.45, 2.75) is 45.0 Å². The highest BCUT2D eigenvalue weighted by Crippen LogP contribution is 2.59. The van der Waals surface area contributed by atoms with Gasteiger partial charge < -0.3 is 25.4 Å². The molecule has 1 heterocycles. The number of ether oxygens (including phenoxy) is 2. The second-order valence-electron chi connectivity index (χ2n) is 10.1. The Morgan fingerprint density at radius 2 is 1.71 bits per heavy atom. The van der Waals surface area contributed by atoms with Crippen LogP contribution in [0.5, 0.6) is 11.5 Å². The number of rotatable bonds is 9. The van der Waals surface area contributed by atoms with Crippen molar-refractivity contribution < 1.29 is 23.9 Å². The molecule has 38 heavy (non-hydrogen) atoms. The number of benzene rings is 3. The van der Waals surface area contributed by atoms with Crippen LogP contribution in [0.25, 0.3) is 0 Å². The highest BCUT2D eigenvalue weighted by molar-refractivity contribution is 5.97. The quantitative estimate of drug-likeness (QED) is 0.421. The number of likely N-dealkylation sites (tertiary alicyclic amines) is 1. The van der Waals surface area contributed by atoms with Crippen molar-refractivity contribution in [3.8, 4) is 11.5 Å². The van der Waals surface area contributed by atoms with E-state index >= 15 is 0 Å². The molecular weight excluding hydrogens is 482 g/mol. The molecule has 1 aliphatic carbocycles. The topological polar surface area (TPSA) is 111 Å². The molecule has 1 saturated heterocycles. The van der Waals surface area contributed by atoms with Gasteiger partial charge in [0.15, 0.2) is 0 Å². The van der Waals surface area contributed by atoms with Crippen molar-refractivity contribution in [2.24, 2.45) is 11.1 Å². The predicted molar refractivity (Wildman–Crippen MR) is 141 cm³/mol. The molecular formula is C30H31N3O5. The van der Waals surface area contributed by atoms with Crippen molar-refractivity contribution >= 4 is 17.8 Å². The normalized spacial score (nSPS) is 21.4. The molecule has 5 rings (SSSR count). The first-order valence-electron chi connectivity index (χ1n) is 12.7. The Morgan fingerprint density at radius 3 is 2.42 bits per heavy atom. The summed E-state index contributed by atoms with van der Waals surface area (Å²) >= 11 is 0. The lowest BCUT2D eigenvalue weighted by atomic mass is 10.0. The largest absolute Gasteiger partial charge is 0.459 e. The van der Waals surface area contributed by atoms with Crippen LogP contribution in [0, 0.1) is 5.41 Å². The van der Waals surface area contributed by atoms with Gasteiger partial charge in [-0.1, -0.05) is 55.5 Å². The second-order valence-corrected chi connectivity index (χ2v) is 10.1. The Labute approximate surface area is 221 Å². The lowest BCUT2D eigenvalue weighted by molar-refractivity contribution is -0.155. The molecule has 1 aliphatic heterocycles. The number of piperidine rings is 1. The molecule has 1 saturated carbocycles. The van der Waals surface area contributed by atoms with Crippen molar-refractivity contribution in [1.82, 2.24) is 10.2 Å². The minimum atomic E-state index is -0.648. The van der Waals surface area contributed by atoms with Gasteiger partial charge >= 0.3 is 5.97 Å². The number of nitrogens with one attached hydrogen (secondary N) is 1. The molecule has 3 aromatic carbocycles. The number of carbonyl (C=O) groups is 3. The van der Waals surface area contributed by atoms with Crippen molar-refractivity contribution in [3.05, 3.63) is 95.6 Å². The van der Waals surface area contributed by atoms with E-state index in [0.717, 1.165) is 12.0 Å². The van der Waals surface area contributed by atoms with E-state index in [1.165, 1.54) is 0 Å². The smallest absolute Gasteiger partial charge is 0.329 e. The van der Waals surface area contributed by atoms with E-state index in [0.29, 0.717) is 29.0 Å². The van der Waals surface area contributed by atoms with Crippen LogP contribution in [0.15, 0.2) is 78.9 Å². The van der Waals surface area contributed by atoms with Gasteiger partial charge in [-0.3, -0.25) is 9.59 Å². The SMILES string of the molecule is C[C@@]12C[C@@H]1N(C(=O)CNC(=O)c1ccc(Oc3ccccc3)c(CN)c1)[C@H](C(=O)OCc1ccccc1)C2. The molecule has 0 unspecified atom stereocenters. The van der Waals surface area contributed by atoms with Crippen LogP contribution in [0.2, 0.25) is 0 Å². The van der Waals surface area contributed by atoms with Gasteiger partial charge in [0.2, 0.25) is 5.91 Å². The maximum Gasteiger partial charge on any atom is 0.329 e. The summed E-state index contributed by atoms with van der Waals surface area (Å²) in [6, 6.07) is 23.1. The predicted octanol–water partition coefficient (Wildman–Crippen LogP) is 3.79. The first-order valence-corrected chi connectivity index (χ1v) is 12.7. The standard InChI is InChI=1S/C30H31N3O5/c1-30-15-24(29(36)37-19-20-8-4-2-5-9-20)33(26(30)16-30)27(34)18-32-28(35)21-12-13-25(22(14-21)17-31)38-23-10-6-3-7-11-23/h2-14,24,26H,15-19,31H2,1H3,(H,32,35)/t24-,26-,30+/m0/s1. The fourth-order valence-electron chi connectivity index (χ4n) is 5.11. The van der Waals surface area contributed by atoms with Crippen molar-refractivity contribution in [2.75, 3.05) is 6.54 Å². The zero-order valence-corrected chi connectivity index (χ0v) is 21.3. The van der Waals surface area contributed by atoms with E-state index in [4.69, 9.17) is 15.2 Å². The van der Waals surface area contributed by atoms with E-state index < -0.39 is 17.9 Å². The minimum Gasteiger partial charge on any atom is -0.459 e. The molecule has 8 nitrogen and oxygen atoms in total. The van der Waals surface area contributed by atoms with Gasteiger partial charge in [0.05, 0.1) is 6.54 Å². The van der Waals surface area contributed by atoms with Gasteiger partial charge in [0.1, 0.15) is 24.1 Å². The van der Waals surface area contributed by atoms with Crippen LogP contribution in [0.1, 0.15) is 41.3 Å². The first kappa shape index (κ1) is 25.5. The van der Waals surface area contributed by atoms with E-state index in [-0.39, 0.29) is 37.1 Å². The second kappa shape index (κ2) is 10.7. The number of para-hydroxylation sites is 1. The number of nitrogens with zero attached hydrogens (tertiary/aromatic N) is 1. The summed E-state index contributed by atoms with van der Waals surface area (Å²) in [5.74, 6) is 0.117. The van der Waals surface area contributed by atoms with E-state index in [9.17, 15) is 14.4 Å². The summed E-state index contributed by atoms with van der Waals surface area (Å²) in [6.07, 6.45) is 1.41. The van der Waals surface area contributed by atoms with E-state index in [2.05, 4.69) is 12.2 Å². The summed E-state index contributed by atoms with van der Waals surface area (Å²) in [6.45, 7) is 2.20. The molecule has 0 bridgehead atoms. The van der Waals surface area contributed by atoms with Gasteiger partial charge in [-0.15, -0.1) is 0 Å². The van der Waals surface area contributed by atoms with Gasteiger partial charge in [-0.2, -0.15) is 0 Å². The molecule has 2 aliphatic rings. The van der Waals surface area contributed by atoms with Crippen molar-refractivity contribution in [1.29, 1.82) is 0 Å². The molecule has 0 radical (unpaired) electrons. The lowest BCUT2D eigenvalue weighted by Gasteiger charge is -2.26. The molecule has 0 spiro atoms. The Balaban J connectivity index is 1.20. The third kappa shape index (κ3) is 5.40. The number of hydrogen-bond donors (Lipinski definition) is 2. The molecule has 2 fully saturated rings. The highest BCUT2D eigenvalue weighted by Gasteiger charge is 2.64. The Kier molecular flexibility index (Phi) is 7.15. The van der Waals surface area contributed by atoms with Gasteiger partial charge in [-0.05, 0) is 54.2 Å². The number of hydrogen-bond acceptors (Lipinski definition) is 6. The Morgan fingerprint density at radius 1 is 1.00 bits per heavy atom. The molecule has 3 atom stereocenters. The number of amides is 2. The van der Waals surface area contributed by atoms with Crippen LogP contribution in [-0.4, -0.2) is 41.3 Å². The molecule has 3 N–H and O–H groups in total. The maximum atomic E-state index is 13.2. The lowest BCUT2D eigenvalue weighted by Crippen LogP contribution is -2.48. The average molecular weight is 514 g/mol. The minimum absolute atomic E-state index is 0.0144. The summed E-state index contributed by atoms with van der Waals surface area (Å²) in [5.41, 5.74) is 7.74. The fourth-order valence-corrected chi connectivity index (χ4v) is 5.11. The number of fused-ring (bicyclic) bond motifs is 1. The zero-order valence-electron chi connectivity index (χ0n) is 21.3. The summed E-state index contributed by atoms with van der Waals surface area (Å²) in [4.78, 5) is 40.6. The first-order chi connectivity index (χ1) is 18.4. The van der Waals surface area contributed by atoms with Crippen LogP contribution in [0.4, 0.5) is 0 Å². The monoisotopic (exact) mass is 513 g/mol. The van der Waals surface area contributed by atoms with Crippen LogP contribution >= 0.6 is 0 Å². The summed E-state index contributed by atoms with van der Waals surface area (Å²) in [5, 5.41) is 2.70. The Bertz CT molecular complexity index is 1330. The summed E-state index contributed by atoms with van der Waals surface area (Å²) in [7, 11) is 0. The average Bonchev–Trinajstić information content (AvgIpc) is 3.51. The molecule has 2 amide bonds. The van der Waals surface area contributed by atoms with Gasteiger partial charge in [0.25, 0.3) is 5.91 Å². The fraction of sp³-hybridized carbons (Fsp3) is 0.300. The number of esters is 1. The van der Waals surface area contributed by atoms with Crippen LogP contribution < -0.4 is 15.8 Å². The molecule has 8 heteroatoms. The van der Waals surface area contributed by atoms with E-state index in [1.54, 1.807) is 23.1 Å². The Hall–Kier alpha value is -4.17. The third-order valence-corrected chi connectivity index (χ3v) is 7.33. The number of nitrogens with two attached hydrogens (primary N) is 1.